The zero-order chi connectivity index (χ0) is 26.2. The number of carbonyl (C=O) groups excluding carboxylic acids is 3. The molecule has 0 saturated heterocycles. The van der Waals surface area contributed by atoms with Gasteiger partial charge in [0, 0.05) is 18.9 Å². The molecule has 0 aliphatic carbocycles. The summed E-state index contributed by atoms with van der Waals surface area (Å²) in [6.45, 7) is 5.69. The van der Waals surface area contributed by atoms with E-state index in [0.29, 0.717) is 35.5 Å². The number of aromatic nitrogens is 4. The molecule has 0 bridgehead atoms. The number of fused-ring (bicyclic) bond motifs is 2. The molecule has 0 fully saturated rings. The summed E-state index contributed by atoms with van der Waals surface area (Å²) in [4.78, 5) is 55.2. The summed E-state index contributed by atoms with van der Waals surface area (Å²) in [7, 11) is 0. The van der Waals surface area contributed by atoms with Crippen LogP contribution in [0, 0.1) is 0 Å². The molecule has 5 rings (SSSR count). The van der Waals surface area contributed by atoms with Crippen LogP contribution in [0.5, 0.6) is 0 Å². The maximum Gasteiger partial charge on any atom is 0.411 e. The van der Waals surface area contributed by atoms with Crippen LogP contribution in [0.3, 0.4) is 0 Å². The van der Waals surface area contributed by atoms with E-state index >= 15 is 0 Å². The molecule has 0 unspecified atom stereocenters. The van der Waals surface area contributed by atoms with Crippen molar-refractivity contribution in [1.82, 2.24) is 24.8 Å². The molecule has 37 heavy (non-hydrogen) atoms. The lowest BCUT2D eigenvalue weighted by molar-refractivity contribution is -0.122. The minimum atomic E-state index is -0.908. The minimum Gasteiger partial charge on any atom is -0.444 e. The van der Waals surface area contributed by atoms with E-state index in [1.165, 1.54) is 11.1 Å². The van der Waals surface area contributed by atoms with Crippen LogP contribution >= 0.6 is 0 Å². The molecule has 3 heterocycles. The third-order valence-corrected chi connectivity index (χ3v) is 5.89. The average Bonchev–Trinajstić information content (AvgIpc) is 3.51. The fourth-order valence-electron chi connectivity index (χ4n) is 4.33. The van der Waals surface area contributed by atoms with Gasteiger partial charge in [0.15, 0.2) is 0 Å². The second-order valence-corrected chi connectivity index (χ2v) is 9.69. The number of amides is 3. The fourth-order valence-corrected chi connectivity index (χ4v) is 4.33. The van der Waals surface area contributed by atoms with Gasteiger partial charge in [-0.25, -0.2) is 14.8 Å². The van der Waals surface area contributed by atoms with Gasteiger partial charge in [-0.3, -0.25) is 25.1 Å². The van der Waals surface area contributed by atoms with E-state index < -0.39 is 29.6 Å². The summed E-state index contributed by atoms with van der Waals surface area (Å²) in [5.41, 5.74) is 2.27. The molecule has 0 radical (unpaired) electrons. The van der Waals surface area contributed by atoms with Crippen LogP contribution in [0.25, 0.3) is 11.0 Å². The van der Waals surface area contributed by atoms with Crippen LogP contribution < -0.4 is 10.6 Å². The van der Waals surface area contributed by atoms with Gasteiger partial charge >= 0.3 is 6.09 Å². The van der Waals surface area contributed by atoms with Gasteiger partial charge in [-0.1, -0.05) is 30.3 Å². The number of anilines is 2. The van der Waals surface area contributed by atoms with Gasteiger partial charge in [-0.2, -0.15) is 0 Å². The van der Waals surface area contributed by atoms with Crippen molar-refractivity contribution in [1.29, 1.82) is 0 Å². The Bertz CT molecular complexity index is 1470. The highest BCUT2D eigenvalue weighted by molar-refractivity contribution is 6.11. The van der Waals surface area contributed by atoms with Crippen molar-refractivity contribution in [3.8, 4) is 0 Å². The van der Waals surface area contributed by atoms with Gasteiger partial charge in [0.25, 0.3) is 11.8 Å². The highest BCUT2D eigenvalue weighted by Crippen LogP contribution is 2.32. The molecule has 4 N–H and O–H groups in total. The van der Waals surface area contributed by atoms with Gasteiger partial charge in [0.2, 0.25) is 11.9 Å². The third kappa shape index (κ3) is 5.01. The monoisotopic (exact) mass is 501 g/mol. The number of imidazole rings is 2. The van der Waals surface area contributed by atoms with Crippen LogP contribution in [0.15, 0.2) is 54.9 Å². The molecule has 11 heteroatoms. The van der Waals surface area contributed by atoms with Crippen molar-refractivity contribution in [2.45, 2.75) is 38.8 Å². The highest BCUT2D eigenvalue weighted by atomic mass is 16.6. The van der Waals surface area contributed by atoms with Crippen molar-refractivity contribution in [2.24, 2.45) is 0 Å². The number of hydrogen-bond donors (Lipinski definition) is 4. The van der Waals surface area contributed by atoms with Crippen molar-refractivity contribution in [2.75, 3.05) is 17.2 Å². The van der Waals surface area contributed by atoms with E-state index in [9.17, 15) is 14.4 Å². The first kappa shape index (κ1) is 24.0. The standard InChI is InChI=1S/C26H27N7O4/c1-26(2,3)37-25(36)33-14-11-15-7-4-5-8-16(15)20(33)22(35)32-24-29-18-10-6-9-17(19(18)30-24)21(34)31-23-27-12-13-28-23/h4-10,12-13,20H,11,14H2,1-3H3,(H2,27,28,31,34)(H2,29,30,32,35)/t20-/m0/s1. The van der Waals surface area contributed by atoms with Crippen molar-refractivity contribution in [3.05, 3.63) is 71.5 Å². The number of H-pyrrole nitrogens is 2. The van der Waals surface area contributed by atoms with Crippen molar-refractivity contribution < 1.29 is 19.1 Å². The van der Waals surface area contributed by atoms with E-state index in [1.807, 2.05) is 24.3 Å². The Balaban J connectivity index is 1.43. The van der Waals surface area contributed by atoms with E-state index in [0.717, 1.165) is 11.1 Å². The van der Waals surface area contributed by atoms with Gasteiger partial charge < -0.3 is 14.7 Å². The molecule has 1 atom stereocenters. The zero-order valence-corrected chi connectivity index (χ0v) is 20.7. The molecule has 1 aliphatic rings. The third-order valence-electron chi connectivity index (χ3n) is 5.89. The largest absolute Gasteiger partial charge is 0.444 e. The first-order valence-electron chi connectivity index (χ1n) is 11.9. The number of nitrogens with one attached hydrogen (secondary N) is 4. The summed E-state index contributed by atoms with van der Waals surface area (Å²) in [5.74, 6) is -0.379. The molecule has 3 amide bonds. The second-order valence-electron chi connectivity index (χ2n) is 9.69. The number of para-hydroxylation sites is 1. The number of benzene rings is 2. The molecule has 0 spiro atoms. The molecule has 0 saturated carbocycles. The molecule has 190 valence electrons. The SMILES string of the molecule is CC(C)(C)OC(=O)N1CCc2ccccc2[C@H]1C(=O)Nc1nc2c(C(=O)Nc3ncc[nH]3)cccc2[nH]1. The van der Waals surface area contributed by atoms with E-state index in [-0.39, 0.29) is 5.95 Å². The molecule has 2 aromatic carbocycles. The maximum absolute atomic E-state index is 13.6. The van der Waals surface area contributed by atoms with Crippen LogP contribution in [0.2, 0.25) is 0 Å². The number of ether oxygens (including phenoxy) is 1. The lowest BCUT2D eigenvalue weighted by atomic mass is 9.92. The smallest absolute Gasteiger partial charge is 0.411 e. The Morgan fingerprint density at radius 1 is 1.05 bits per heavy atom. The first-order chi connectivity index (χ1) is 17.7. The highest BCUT2D eigenvalue weighted by Gasteiger charge is 2.38. The second kappa shape index (κ2) is 9.41. The summed E-state index contributed by atoms with van der Waals surface area (Å²) < 4.78 is 5.59. The number of hydrogen-bond acceptors (Lipinski definition) is 6. The summed E-state index contributed by atoms with van der Waals surface area (Å²) >= 11 is 0. The fraction of sp³-hybridized carbons (Fsp3) is 0.269. The number of aromatic amines is 2. The Kier molecular flexibility index (Phi) is 6.12. The molecule has 1 aliphatic heterocycles. The van der Waals surface area contributed by atoms with E-state index in [2.05, 4.69) is 30.6 Å². The van der Waals surface area contributed by atoms with Crippen LogP contribution in [0.1, 0.15) is 48.3 Å². The van der Waals surface area contributed by atoms with Crippen LogP contribution in [-0.2, 0) is 16.0 Å². The van der Waals surface area contributed by atoms with Crippen molar-refractivity contribution >= 4 is 40.8 Å². The summed E-state index contributed by atoms with van der Waals surface area (Å²) in [6.07, 6.45) is 3.17. The van der Waals surface area contributed by atoms with Crippen molar-refractivity contribution in [3.63, 3.8) is 0 Å². The zero-order valence-electron chi connectivity index (χ0n) is 20.7. The topological polar surface area (TPSA) is 145 Å². The Labute approximate surface area is 212 Å². The Morgan fingerprint density at radius 3 is 2.62 bits per heavy atom. The lowest BCUT2D eigenvalue weighted by Gasteiger charge is -2.37. The van der Waals surface area contributed by atoms with E-state index in [1.54, 1.807) is 45.2 Å². The Hall–Kier alpha value is -4.67. The van der Waals surface area contributed by atoms with Crippen LogP contribution in [0.4, 0.5) is 16.7 Å². The molecule has 4 aromatic rings. The quantitative estimate of drug-likeness (QED) is 0.332. The normalized spacial score (nSPS) is 15.2. The van der Waals surface area contributed by atoms with Gasteiger partial charge in [-0.05, 0) is 50.5 Å². The van der Waals surface area contributed by atoms with Gasteiger partial charge in [-0.15, -0.1) is 0 Å². The number of nitrogens with zero attached hydrogens (tertiary/aromatic N) is 3. The predicted molar refractivity (Wildman–Crippen MR) is 137 cm³/mol. The Morgan fingerprint density at radius 2 is 1.86 bits per heavy atom. The van der Waals surface area contributed by atoms with Gasteiger partial charge in [0.05, 0.1) is 11.1 Å². The predicted octanol–water partition coefficient (Wildman–Crippen LogP) is 4.01. The summed E-state index contributed by atoms with van der Waals surface area (Å²) in [6, 6.07) is 11.7. The first-order valence-corrected chi connectivity index (χ1v) is 11.9. The van der Waals surface area contributed by atoms with Gasteiger partial charge in [0.1, 0.15) is 17.2 Å². The lowest BCUT2D eigenvalue weighted by Crippen LogP contribution is -2.47. The molecular formula is C26H27N7O4. The molecular weight excluding hydrogens is 474 g/mol. The van der Waals surface area contributed by atoms with E-state index in [4.69, 9.17) is 4.74 Å². The minimum absolute atomic E-state index is 0.158. The molecule has 11 nitrogen and oxygen atoms in total. The summed E-state index contributed by atoms with van der Waals surface area (Å²) in [5, 5.41) is 5.47. The molecule has 2 aromatic heterocycles. The maximum atomic E-state index is 13.6. The average molecular weight is 502 g/mol. The van der Waals surface area contributed by atoms with Crippen LogP contribution in [-0.4, -0.2) is 54.9 Å². The number of carbonyl (C=O) groups is 3. The number of rotatable bonds is 4.